The van der Waals surface area contributed by atoms with Gasteiger partial charge in [0, 0.05) is 25.6 Å². The molecular weight excluding hydrogens is 250 g/mol. The van der Waals surface area contributed by atoms with Crippen LogP contribution in [0, 0.1) is 19.8 Å². The molecule has 0 amide bonds. The fourth-order valence-corrected chi connectivity index (χ4v) is 2.87. The number of aryl methyl sites for hydroxylation is 2. The molecular formula is C16H27N3O. The minimum atomic E-state index is 0.232. The molecule has 1 saturated heterocycles. The number of nitrogens with zero attached hydrogens (tertiary/aromatic N) is 1. The summed E-state index contributed by atoms with van der Waals surface area (Å²) in [7, 11) is 0. The Morgan fingerprint density at radius 3 is 2.75 bits per heavy atom. The van der Waals surface area contributed by atoms with Crippen molar-refractivity contribution in [3.8, 4) is 0 Å². The topological polar surface area (TPSA) is 47.5 Å². The summed E-state index contributed by atoms with van der Waals surface area (Å²) in [6.07, 6.45) is 0. The number of aliphatic hydroxyl groups is 1. The van der Waals surface area contributed by atoms with E-state index >= 15 is 0 Å². The third kappa shape index (κ3) is 3.58. The Balaban J connectivity index is 2.08. The van der Waals surface area contributed by atoms with Crippen LogP contribution in [0.3, 0.4) is 0 Å². The molecule has 2 atom stereocenters. The lowest BCUT2D eigenvalue weighted by molar-refractivity contribution is 0.179. The molecule has 1 fully saturated rings. The molecule has 0 saturated carbocycles. The molecule has 0 bridgehead atoms. The van der Waals surface area contributed by atoms with E-state index < -0.39 is 0 Å². The number of hydrazine groups is 1. The summed E-state index contributed by atoms with van der Waals surface area (Å²) in [6, 6.07) is 7.06. The third-order valence-corrected chi connectivity index (χ3v) is 4.34. The number of benzene rings is 1. The predicted octanol–water partition coefficient (Wildman–Crippen LogP) is 1.38. The largest absolute Gasteiger partial charge is 0.395 e. The van der Waals surface area contributed by atoms with Gasteiger partial charge in [0.05, 0.1) is 12.6 Å². The van der Waals surface area contributed by atoms with Gasteiger partial charge in [-0.2, -0.15) is 0 Å². The number of aliphatic hydroxyl groups excluding tert-OH is 1. The predicted molar refractivity (Wildman–Crippen MR) is 82.5 cm³/mol. The number of rotatable bonds is 6. The molecule has 4 nitrogen and oxygen atoms in total. The van der Waals surface area contributed by atoms with E-state index in [1.54, 1.807) is 0 Å². The van der Waals surface area contributed by atoms with E-state index in [0.29, 0.717) is 12.0 Å². The van der Waals surface area contributed by atoms with E-state index in [1.165, 1.54) is 16.7 Å². The highest BCUT2D eigenvalue weighted by atomic mass is 16.3. The van der Waals surface area contributed by atoms with E-state index in [0.717, 1.165) is 26.2 Å². The van der Waals surface area contributed by atoms with E-state index in [2.05, 4.69) is 54.7 Å². The minimum Gasteiger partial charge on any atom is -0.395 e. The first-order valence-corrected chi connectivity index (χ1v) is 7.54. The maximum Gasteiger partial charge on any atom is 0.0558 e. The molecule has 0 aromatic heterocycles. The summed E-state index contributed by atoms with van der Waals surface area (Å²) in [5.41, 5.74) is 10.7. The van der Waals surface area contributed by atoms with E-state index in [-0.39, 0.29) is 6.61 Å². The van der Waals surface area contributed by atoms with Gasteiger partial charge in [0.15, 0.2) is 0 Å². The maximum absolute atomic E-state index is 9.12. The molecule has 0 aliphatic carbocycles. The van der Waals surface area contributed by atoms with Gasteiger partial charge in [-0.3, -0.25) is 5.43 Å². The number of hydrogen-bond acceptors (Lipinski definition) is 4. The summed E-state index contributed by atoms with van der Waals surface area (Å²) in [4.78, 5) is 2.31. The number of hydrogen-bond donors (Lipinski definition) is 3. The van der Waals surface area contributed by atoms with Crippen molar-refractivity contribution < 1.29 is 5.11 Å². The lowest BCUT2D eigenvalue weighted by Crippen LogP contribution is -2.34. The van der Waals surface area contributed by atoms with Crippen LogP contribution in [0.5, 0.6) is 0 Å². The summed E-state index contributed by atoms with van der Waals surface area (Å²) >= 11 is 0. The first kappa shape index (κ1) is 15.4. The van der Waals surface area contributed by atoms with Crippen LogP contribution in [0.25, 0.3) is 0 Å². The van der Waals surface area contributed by atoms with Crippen LogP contribution in [0.1, 0.15) is 29.7 Å². The van der Waals surface area contributed by atoms with Crippen molar-refractivity contribution in [1.82, 2.24) is 15.8 Å². The Bertz CT molecular complexity index is 436. The Hall–Kier alpha value is -0.940. The molecule has 4 heteroatoms. The minimum absolute atomic E-state index is 0.232. The molecule has 1 heterocycles. The van der Waals surface area contributed by atoms with Crippen molar-refractivity contribution in [2.24, 2.45) is 5.92 Å². The smallest absolute Gasteiger partial charge is 0.0558 e. The van der Waals surface area contributed by atoms with Gasteiger partial charge in [0.1, 0.15) is 0 Å². The quantitative estimate of drug-likeness (QED) is 0.735. The van der Waals surface area contributed by atoms with E-state index in [4.69, 9.17) is 5.11 Å². The second kappa shape index (κ2) is 7.18. The van der Waals surface area contributed by atoms with Gasteiger partial charge in [-0.05, 0) is 37.1 Å². The highest BCUT2D eigenvalue weighted by Gasteiger charge is 2.29. The Labute approximate surface area is 122 Å². The normalized spacial score (nSPS) is 22.6. The van der Waals surface area contributed by atoms with Crippen LogP contribution < -0.4 is 10.9 Å². The summed E-state index contributed by atoms with van der Waals surface area (Å²) in [6.45, 7) is 10.4. The standard InChI is InChI=1S/C16H27N3O/c1-4-19(7-8-20)11-15-10-17-18-16(15)14-6-5-12(2)13(3)9-14/h5-6,9,15-18,20H,4,7-8,10-11H2,1-3H3. The van der Waals surface area contributed by atoms with Crippen LogP contribution in [-0.4, -0.2) is 42.8 Å². The van der Waals surface area contributed by atoms with Gasteiger partial charge in [-0.15, -0.1) is 0 Å². The van der Waals surface area contributed by atoms with E-state index in [1.807, 2.05) is 0 Å². The summed E-state index contributed by atoms with van der Waals surface area (Å²) in [5.74, 6) is 0.531. The van der Waals surface area contributed by atoms with Gasteiger partial charge >= 0.3 is 0 Å². The molecule has 2 unspecified atom stereocenters. The second-order valence-corrected chi connectivity index (χ2v) is 5.72. The highest BCUT2D eigenvalue weighted by Crippen LogP contribution is 2.27. The Morgan fingerprint density at radius 1 is 1.30 bits per heavy atom. The number of nitrogens with one attached hydrogen (secondary N) is 2. The molecule has 20 heavy (non-hydrogen) atoms. The average molecular weight is 277 g/mol. The zero-order chi connectivity index (χ0) is 14.5. The lowest BCUT2D eigenvalue weighted by Gasteiger charge is -2.26. The lowest BCUT2D eigenvalue weighted by atomic mass is 9.92. The third-order valence-electron chi connectivity index (χ3n) is 4.34. The molecule has 3 N–H and O–H groups in total. The van der Waals surface area contributed by atoms with Crippen LogP contribution in [0.4, 0.5) is 0 Å². The van der Waals surface area contributed by atoms with Crippen molar-refractivity contribution in [3.63, 3.8) is 0 Å². The van der Waals surface area contributed by atoms with Gasteiger partial charge in [0.25, 0.3) is 0 Å². The molecule has 0 radical (unpaired) electrons. The molecule has 1 aromatic rings. The average Bonchev–Trinajstić information content (AvgIpc) is 2.89. The summed E-state index contributed by atoms with van der Waals surface area (Å²) in [5, 5.41) is 9.12. The van der Waals surface area contributed by atoms with Crippen LogP contribution >= 0.6 is 0 Å². The second-order valence-electron chi connectivity index (χ2n) is 5.72. The number of likely N-dealkylation sites (N-methyl/N-ethyl adjacent to an activating group) is 1. The molecule has 0 spiro atoms. The molecule has 1 aliphatic heterocycles. The van der Waals surface area contributed by atoms with E-state index in [9.17, 15) is 0 Å². The molecule has 1 aliphatic rings. The van der Waals surface area contributed by atoms with Crippen LogP contribution in [0.2, 0.25) is 0 Å². The zero-order valence-electron chi connectivity index (χ0n) is 12.8. The first-order valence-electron chi connectivity index (χ1n) is 7.54. The van der Waals surface area contributed by atoms with Crippen molar-refractivity contribution in [1.29, 1.82) is 0 Å². The molecule has 1 aromatic carbocycles. The van der Waals surface area contributed by atoms with Gasteiger partial charge in [0.2, 0.25) is 0 Å². The van der Waals surface area contributed by atoms with Crippen LogP contribution in [-0.2, 0) is 0 Å². The van der Waals surface area contributed by atoms with Crippen LogP contribution in [0.15, 0.2) is 18.2 Å². The van der Waals surface area contributed by atoms with Gasteiger partial charge in [-0.1, -0.05) is 25.1 Å². The van der Waals surface area contributed by atoms with Crippen molar-refractivity contribution >= 4 is 0 Å². The SMILES string of the molecule is CCN(CCO)CC1CNNC1c1ccc(C)c(C)c1. The zero-order valence-corrected chi connectivity index (χ0v) is 12.8. The Morgan fingerprint density at radius 2 is 2.10 bits per heavy atom. The fraction of sp³-hybridized carbons (Fsp3) is 0.625. The molecule has 112 valence electrons. The van der Waals surface area contributed by atoms with Crippen molar-refractivity contribution in [2.75, 3.05) is 32.8 Å². The summed E-state index contributed by atoms with van der Waals surface area (Å²) < 4.78 is 0. The van der Waals surface area contributed by atoms with Gasteiger partial charge in [-0.25, -0.2) is 5.43 Å². The van der Waals surface area contributed by atoms with Crippen molar-refractivity contribution in [3.05, 3.63) is 34.9 Å². The van der Waals surface area contributed by atoms with Crippen molar-refractivity contribution in [2.45, 2.75) is 26.8 Å². The highest BCUT2D eigenvalue weighted by molar-refractivity contribution is 5.32. The first-order chi connectivity index (χ1) is 9.65. The molecule has 2 rings (SSSR count). The maximum atomic E-state index is 9.12. The fourth-order valence-electron chi connectivity index (χ4n) is 2.87. The monoisotopic (exact) mass is 277 g/mol. The van der Waals surface area contributed by atoms with Gasteiger partial charge < -0.3 is 10.0 Å². The Kier molecular flexibility index (Phi) is 5.54.